The first-order valence-electron chi connectivity index (χ1n) is 7.37. The lowest BCUT2D eigenvalue weighted by Gasteiger charge is -2.08. The van der Waals surface area contributed by atoms with E-state index in [1.165, 1.54) is 0 Å². The van der Waals surface area contributed by atoms with Crippen molar-refractivity contribution in [2.75, 3.05) is 25.6 Å². The zero-order chi connectivity index (χ0) is 17.4. The lowest BCUT2D eigenvalue weighted by Crippen LogP contribution is -2.23. The Morgan fingerprint density at radius 2 is 1.88 bits per heavy atom. The molecule has 0 unspecified atom stereocenters. The van der Waals surface area contributed by atoms with Crippen LogP contribution in [0, 0.1) is 0 Å². The molecule has 0 bridgehead atoms. The molecule has 2 aromatic rings. The fourth-order valence-corrected chi connectivity index (χ4v) is 2.36. The Bertz CT molecular complexity index is 697. The van der Waals surface area contributed by atoms with Gasteiger partial charge in [0.15, 0.2) is 5.96 Å². The van der Waals surface area contributed by atoms with E-state index in [1.54, 1.807) is 25.3 Å². The van der Waals surface area contributed by atoms with Crippen molar-refractivity contribution in [2.45, 2.75) is 6.42 Å². The van der Waals surface area contributed by atoms with E-state index < -0.39 is 0 Å². The molecule has 25 heavy (non-hydrogen) atoms. The molecule has 0 saturated heterocycles. The van der Waals surface area contributed by atoms with E-state index in [0.29, 0.717) is 41.3 Å². The van der Waals surface area contributed by atoms with Gasteiger partial charge in [-0.05, 0) is 42.5 Å². The van der Waals surface area contributed by atoms with Crippen LogP contribution in [-0.4, -0.2) is 26.2 Å². The molecule has 3 N–H and O–H groups in total. The summed E-state index contributed by atoms with van der Waals surface area (Å²) in [6, 6.07) is 12.6. The SMILES string of the molecule is COc1ccc(NC(N)=NCCCOc2ccc(Cl)cc2Cl)cc1.I. The maximum Gasteiger partial charge on any atom is 0.193 e. The van der Waals surface area contributed by atoms with Crippen LogP contribution in [0.2, 0.25) is 10.0 Å². The topological polar surface area (TPSA) is 68.9 Å². The van der Waals surface area contributed by atoms with Gasteiger partial charge in [0, 0.05) is 23.7 Å². The number of nitrogens with two attached hydrogens (primary N) is 1. The van der Waals surface area contributed by atoms with Gasteiger partial charge in [0.05, 0.1) is 18.7 Å². The van der Waals surface area contributed by atoms with E-state index in [-0.39, 0.29) is 24.0 Å². The van der Waals surface area contributed by atoms with Crippen molar-refractivity contribution in [3.8, 4) is 11.5 Å². The molecule has 0 aromatic heterocycles. The van der Waals surface area contributed by atoms with Crippen molar-refractivity contribution in [1.82, 2.24) is 0 Å². The van der Waals surface area contributed by atoms with Gasteiger partial charge in [0.25, 0.3) is 0 Å². The van der Waals surface area contributed by atoms with Crippen LogP contribution in [0.1, 0.15) is 6.42 Å². The fraction of sp³-hybridized carbons (Fsp3) is 0.235. The number of anilines is 1. The third-order valence-electron chi connectivity index (χ3n) is 3.10. The summed E-state index contributed by atoms with van der Waals surface area (Å²) in [6.07, 6.45) is 0.712. The molecule has 8 heteroatoms. The molecule has 0 radical (unpaired) electrons. The average Bonchev–Trinajstić information content (AvgIpc) is 2.57. The second kappa shape index (κ2) is 11.3. The van der Waals surface area contributed by atoms with Crippen molar-refractivity contribution in [1.29, 1.82) is 0 Å². The number of rotatable bonds is 7. The number of nitrogens with one attached hydrogen (secondary N) is 1. The smallest absolute Gasteiger partial charge is 0.193 e. The Labute approximate surface area is 174 Å². The Balaban J connectivity index is 0.00000312. The van der Waals surface area contributed by atoms with E-state index >= 15 is 0 Å². The van der Waals surface area contributed by atoms with Crippen LogP contribution in [0.4, 0.5) is 5.69 Å². The van der Waals surface area contributed by atoms with Crippen molar-refractivity contribution in [3.05, 3.63) is 52.5 Å². The van der Waals surface area contributed by atoms with Gasteiger partial charge in [0.1, 0.15) is 11.5 Å². The normalized spacial score (nSPS) is 10.8. The van der Waals surface area contributed by atoms with Crippen LogP contribution >= 0.6 is 47.2 Å². The first-order valence-corrected chi connectivity index (χ1v) is 8.13. The highest BCUT2D eigenvalue weighted by atomic mass is 127. The van der Waals surface area contributed by atoms with Crippen molar-refractivity contribution < 1.29 is 9.47 Å². The van der Waals surface area contributed by atoms with Gasteiger partial charge in [0.2, 0.25) is 0 Å². The predicted molar refractivity (Wildman–Crippen MR) is 115 cm³/mol. The molecule has 2 rings (SSSR count). The summed E-state index contributed by atoms with van der Waals surface area (Å²) in [4.78, 5) is 4.25. The first kappa shape index (κ1) is 21.7. The number of hydrogen-bond acceptors (Lipinski definition) is 3. The third-order valence-corrected chi connectivity index (χ3v) is 3.63. The van der Waals surface area contributed by atoms with E-state index in [1.807, 2.05) is 24.3 Å². The molecule has 0 aliphatic carbocycles. The van der Waals surface area contributed by atoms with Crippen molar-refractivity contribution >= 4 is 58.8 Å². The average molecular weight is 496 g/mol. The lowest BCUT2D eigenvalue weighted by molar-refractivity contribution is 0.314. The van der Waals surface area contributed by atoms with Crippen molar-refractivity contribution in [2.24, 2.45) is 10.7 Å². The van der Waals surface area contributed by atoms with E-state index in [2.05, 4.69) is 10.3 Å². The molecule has 0 saturated carbocycles. The van der Waals surface area contributed by atoms with Crippen LogP contribution < -0.4 is 20.5 Å². The van der Waals surface area contributed by atoms with Crippen LogP contribution in [0.5, 0.6) is 11.5 Å². The van der Waals surface area contributed by atoms with Gasteiger partial charge >= 0.3 is 0 Å². The van der Waals surface area contributed by atoms with Gasteiger partial charge < -0.3 is 20.5 Å². The maximum absolute atomic E-state index is 6.03. The minimum atomic E-state index is 0. The Morgan fingerprint density at radius 3 is 2.52 bits per heavy atom. The molecule has 0 heterocycles. The summed E-state index contributed by atoms with van der Waals surface area (Å²) in [6.45, 7) is 1.03. The molecule has 136 valence electrons. The number of methoxy groups -OCH3 is 1. The highest BCUT2D eigenvalue weighted by molar-refractivity contribution is 14.0. The molecule has 0 amide bonds. The predicted octanol–water partition coefficient (Wildman–Crippen LogP) is 4.82. The highest BCUT2D eigenvalue weighted by Crippen LogP contribution is 2.27. The molecule has 0 spiro atoms. The molecular formula is C17H20Cl2IN3O2. The zero-order valence-electron chi connectivity index (χ0n) is 13.7. The quantitative estimate of drug-likeness (QED) is 0.250. The second-order valence-corrected chi connectivity index (χ2v) is 5.74. The second-order valence-electron chi connectivity index (χ2n) is 4.90. The number of halogens is 3. The first-order chi connectivity index (χ1) is 11.6. The van der Waals surface area contributed by atoms with Crippen LogP contribution in [0.15, 0.2) is 47.5 Å². The molecule has 0 aliphatic rings. The summed E-state index contributed by atoms with van der Waals surface area (Å²) < 4.78 is 10.7. The van der Waals surface area contributed by atoms with Crippen molar-refractivity contribution in [3.63, 3.8) is 0 Å². The number of ether oxygens (including phenoxy) is 2. The number of benzene rings is 2. The molecule has 0 aliphatic heterocycles. The van der Waals surface area contributed by atoms with Crippen LogP contribution in [0.25, 0.3) is 0 Å². The monoisotopic (exact) mass is 495 g/mol. The highest BCUT2D eigenvalue weighted by Gasteiger charge is 2.02. The summed E-state index contributed by atoms with van der Waals surface area (Å²) >= 11 is 11.9. The number of hydrogen-bond donors (Lipinski definition) is 2. The third kappa shape index (κ3) is 7.58. The van der Waals surface area contributed by atoms with Gasteiger partial charge in [-0.25, -0.2) is 0 Å². The van der Waals surface area contributed by atoms with Gasteiger partial charge in [-0.15, -0.1) is 24.0 Å². The molecule has 2 aromatic carbocycles. The summed E-state index contributed by atoms with van der Waals surface area (Å²) in [7, 11) is 1.62. The minimum absolute atomic E-state index is 0. The van der Waals surface area contributed by atoms with E-state index in [0.717, 1.165) is 11.4 Å². The van der Waals surface area contributed by atoms with E-state index in [9.17, 15) is 0 Å². The van der Waals surface area contributed by atoms with Crippen LogP contribution in [0.3, 0.4) is 0 Å². The maximum atomic E-state index is 6.03. The number of guanidine groups is 1. The summed E-state index contributed by atoms with van der Waals surface area (Å²) in [5, 5.41) is 4.08. The largest absolute Gasteiger partial charge is 0.497 e. The zero-order valence-corrected chi connectivity index (χ0v) is 17.5. The van der Waals surface area contributed by atoms with E-state index in [4.69, 9.17) is 38.4 Å². The fourth-order valence-electron chi connectivity index (χ4n) is 1.90. The summed E-state index contributed by atoms with van der Waals surface area (Å²) in [5.74, 6) is 1.74. The Kier molecular flexibility index (Phi) is 9.77. The van der Waals surface area contributed by atoms with Gasteiger partial charge in [-0.2, -0.15) is 0 Å². The number of nitrogens with zero attached hydrogens (tertiary/aromatic N) is 1. The summed E-state index contributed by atoms with van der Waals surface area (Å²) in [5.41, 5.74) is 6.69. The molecule has 5 nitrogen and oxygen atoms in total. The molecular weight excluding hydrogens is 476 g/mol. The minimum Gasteiger partial charge on any atom is -0.497 e. The lowest BCUT2D eigenvalue weighted by atomic mass is 10.3. The van der Waals surface area contributed by atoms with Crippen LogP contribution in [-0.2, 0) is 0 Å². The Hall–Kier alpha value is -1.38. The van der Waals surface area contributed by atoms with Gasteiger partial charge in [-0.3, -0.25) is 4.99 Å². The molecule has 0 fully saturated rings. The molecule has 0 atom stereocenters. The van der Waals surface area contributed by atoms with Gasteiger partial charge in [-0.1, -0.05) is 23.2 Å². The Morgan fingerprint density at radius 1 is 1.16 bits per heavy atom. The number of aliphatic imine (C=N–C) groups is 1. The standard InChI is InChI=1S/C17H19Cl2N3O2.HI/c1-23-14-6-4-13(5-7-14)22-17(20)21-9-2-10-24-16-8-3-12(18)11-15(16)19;/h3-8,11H,2,9-10H2,1H3,(H3,20,21,22);1H.